The van der Waals surface area contributed by atoms with Crippen molar-refractivity contribution in [2.75, 3.05) is 12.0 Å². The lowest BCUT2D eigenvalue weighted by Crippen LogP contribution is -1.92. The molecule has 0 heterocycles. The molecule has 68 valence electrons. The summed E-state index contributed by atoms with van der Waals surface area (Å²) in [5, 5.41) is 8.47. The van der Waals surface area contributed by atoms with E-state index in [2.05, 4.69) is 24.5 Å². The van der Waals surface area contributed by atoms with Gasteiger partial charge in [-0.1, -0.05) is 30.3 Å². The molecule has 0 unspecified atom stereocenters. The first-order chi connectivity index (χ1) is 6.38. The molecule has 0 amide bonds. The minimum atomic E-state index is 0.533. The lowest BCUT2D eigenvalue weighted by atomic mass is 10.2. The van der Waals surface area contributed by atoms with E-state index < -0.39 is 0 Å². The highest BCUT2D eigenvalue weighted by atomic mass is 32.2. The van der Waals surface area contributed by atoms with Crippen molar-refractivity contribution in [3.8, 4) is 6.07 Å². The highest BCUT2D eigenvalue weighted by molar-refractivity contribution is 8.27. The molecule has 1 aromatic carbocycles. The molecule has 0 saturated heterocycles. The summed E-state index contributed by atoms with van der Waals surface area (Å²) >= 11 is 2.85. The van der Waals surface area contributed by atoms with Crippen LogP contribution in [0.1, 0.15) is 5.56 Å². The first kappa shape index (κ1) is 10.4. The molecule has 0 aliphatic heterocycles. The van der Waals surface area contributed by atoms with Gasteiger partial charge in [0, 0.05) is 4.20 Å². The van der Waals surface area contributed by atoms with Crippen molar-refractivity contribution < 1.29 is 0 Å². The van der Waals surface area contributed by atoms with Gasteiger partial charge in [0.25, 0.3) is 0 Å². The molecule has 0 aliphatic carbocycles. The van der Waals surface area contributed by atoms with Gasteiger partial charge in [0.1, 0.15) is 0 Å². The van der Waals surface area contributed by atoms with E-state index in [0.717, 1.165) is 0 Å². The normalized spacial score (nSPS) is 11.5. The number of thioether (sulfide) groups is 1. The predicted octanol–water partition coefficient (Wildman–Crippen LogP) is 2.52. The minimum Gasteiger partial charge on any atom is -0.197 e. The largest absolute Gasteiger partial charge is 0.197 e. The second-order valence-corrected chi connectivity index (χ2v) is 4.52. The molecule has 0 saturated carbocycles. The molecule has 13 heavy (non-hydrogen) atoms. The standard InChI is InChI=1S/C10H11NS2/c1-12-10(13-8-7-11)9-5-3-2-4-6-9/h2-6,12H,8H2,1H3. The fraction of sp³-hybridized carbons (Fsp3) is 0.200. The Morgan fingerprint density at radius 2 is 2.15 bits per heavy atom. The fourth-order valence-corrected chi connectivity index (χ4v) is 2.58. The molecular formula is C10H11NS2. The lowest BCUT2D eigenvalue weighted by molar-refractivity contribution is 1.50. The van der Waals surface area contributed by atoms with Gasteiger partial charge in [-0.2, -0.15) is 16.6 Å². The van der Waals surface area contributed by atoms with Crippen LogP contribution in [0.15, 0.2) is 30.3 Å². The van der Waals surface area contributed by atoms with E-state index >= 15 is 0 Å². The zero-order chi connectivity index (χ0) is 9.52. The Balaban J connectivity index is 2.76. The molecule has 1 rings (SSSR count). The zero-order valence-corrected chi connectivity index (χ0v) is 9.11. The van der Waals surface area contributed by atoms with Crippen molar-refractivity contribution in [3.63, 3.8) is 0 Å². The second kappa shape index (κ2) is 5.85. The van der Waals surface area contributed by atoms with Gasteiger partial charge in [0.05, 0.1) is 11.8 Å². The van der Waals surface area contributed by atoms with Gasteiger partial charge in [-0.3, -0.25) is 0 Å². The first-order valence-electron chi connectivity index (χ1n) is 3.90. The van der Waals surface area contributed by atoms with Crippen LogP contribution in [0.4, 0.5) is 0 Å². The van der Waals surface area contributed by atoms with Crippen molar-refractivity contribution >= 4 is 27.3 Å². The van der Waals surface area contributed by atoms with Crippen molar-refractivity contribution in [2.24, 2.45) is 0 Å². The number of benzene rings is 1. The average molecular weight is 209 g/mol. The number of thiol groups is 1. The quantitative estimate of drug-likeness (QED) is 0.597. The van der Waals surface area contributed by atoms with Crippen LogP contribution in [-0.2, 0) is 0 Å². The predicted molar refractivity (Wildman–Crippen MR) is 63.5 cm³/mol. The van der Waals surface area contributed by atoms with E-state index in [1.54, 1.807) is 11.8 Å². The first-order valence-corrected chi connectivity index (χ1v) is 6.23. The van der Waals surface area contributed by atoms with Crippen LogP contribution in [0, 0.1) is 11.3 Å². The van der Waals surface area contributed by atoms with E-state index in [0.29, 0.717) is 5.75 Å². The number of hydrogen-bond acceptors (Lipinski definition) is 2. The highest BCUT2D eigenvalue weighted by Crippen LogP contribution is 2.15. The van der Waals surface area contributed by atoms with E-state index in [-0.39, 0.29) is 0 Å². The summed E-state index contributed by atoms with van der Waals surface area (Å²) in [5.41, 5.74) is 1.23. The van der Waals surface area contributed by atoms with Crippen LogP contribution in [0.2, 0.25) is 0 Å². The molecule has 0 spiro atoms. The molecule has 3 heteroatoms. The van der Waals surface area contributed by atoms with Crippen LogP contribution < -0.4 is 0 Å². The molecular weight excluding hydrogens is 198 g/mol. The Labute approximate surface area is 86.7 Å². The third kappa shape index (κ3) is 3.25. The van der Waals surface area contributed by atoms with Crippen LogP contribution >= 0.6 is 23.1 Å². The van der Waals surface area contributed by atoms with Crippen molar-refractivity contribution in [2.45, 2.75) is 0 Å². The highest BCUT2D eigenvalue weighted by Gasteiger charge is 1.98. The maximum atomic E-state index is 8.47. The zero-order valence-electron chi connectivity index (χ0n) is 7.40. The fourth-order valence-electron chi connectivity index (χ4n) is 0.958. The van der Waals surface area contributed by atoms with Crippen LogP contribution in [0.25, 0.3) is 0 Å². The third-order valence-corrected chi connectivity index (χ3v) is 3.88. The number of rotatable bonds is 2. The molecule has 0 aliphatic rings. The average Bonchev–Trinajstić information content (AvgIpc) is 2.21. The van der Waals surface area contributed by atoms with Gasteiger partial charge in [-0.25, -0.2) is 0 Å². The van der Waals surface area contributed by atoms with Crippen LogP contribution in [0.3, 0.4) is 0 Å². The molecule has 0 aromatic heterocycles. The van der Waals surface area contributed by atoms with Crippen molar-refractivity contribution in [1.82, 2.24) is 0 Å². The van der Waals surface area contributed by atoms with Crippen LogP contribution in [0.5, 0.6) is 0 Å². The second-order valence-electron chi connectivity index (χ2n) is 2.34. The molecule has 0 bridgehead atoms. The van der Waals surface area contributed by atoms with E-state index in [4.69, 9.17) is 5.26 Å². The lowest BCUT2D eigenvalue weighted by Gasteiger charge is -2.02. The summed E-state index contributed by atoms with van der Waals surface area (Å²) in [6, 6.07) is 12.3. The van der Waals surface area contributed by atoms with Gasteiger partial charge in [-0.05, 0) is 11.8 Å². The summed E-state index contributed by atoms with van der Waals surface area (Å²) in [6.45, 7) is 0. The molecule has 0 atom stereocenters. The molecule has 1 aromatic rings. The number of hydrogen-bond donors (Lipinski definition) is 1. The SMILES string of the molecule is C[SH]=C(SCC#N)c1ccccc1. The maximum absolute atomic E-state index is 8.47. The summed E-state index contributed by atoms with van der Waals surface area (Å²) in [6.07, 6.45) is 2.09. The molecule has 1 nitrogen and oxygen atoms in total. The Morgan fingerprint density at radius 3 is 2.69 bits per heavy atom. The Bertz CT molecular complexity index is 325. The molecule has 0 radical (unpaired) electrons. The molecule has 0 fully saturated rings. The third-order valence-electron chi connectivity index (χ3n) is 1.50. The topological polar surface area (TPSA) is 23.8 Å². The number of nitrogens with zero attached hydrogens (tertiary/aromatic N) is 1. The smallest absolute Gasteiger partial charge is 0.0860 e. The Morgan fingerprint density at radius 1 is 1.46 bits per heavy atom. The summed E-state index contributed by atoms with van der Waals surface area (Å²) < 4.78 is 1.27. The van der Waals surface area contributed by atoms with Gasteiger partial charge in [0.2, 0.25) is 0 Å². The van der Waals surface area contributed by atoms with Gasteiger partial charge in [-0.15, -0.1) is 11.8 Å². The van der Waals surface area contributed by atoms with E-state index in [9.17, 15) is 0 Å². The van der Waals surface area contributed by atoms with E-state index in [1.807, 2.05) is 18.2 Å². The molecule has 0 N–H and O–H groups in total. The van der Waals surface area contributed by atoms with E-state index in [1.165, 1.54) is 21.1 Å². The van der Waals surface area contributed by atoms with Crippen LogP contribution in [-0.4, -0.2) is 16.2 Å². The number of nitriles is 1. The Hall–Kier alpha value is -0.720. The van der Waals surface area contributed by atoms with Crippen molar-refractivity contribution in [1.29, 1.82) is 5.26 Å². The summed E-state index contributed by atoms with van der Waals surface area (Å²) in [7, 11) is 0. The monoisotopic (exact) mass is 209 g/mol. The minimum absolute atomic E-state index is 0.533. The summed E-state index contributed by atoms with van der Waals surface area (Å²) in [4.78, 5) is 0. The Kier molecular flexibility index (Phi) is 4.66. The maximum Gasteiger partial charge on any atom is 0.0860 e. The summed E-state index contributed by atoms with van der Waals surface area (Å²) in [5.74, 6) is 0.533. The van der Waals surface area contributed by atoms with Gasteiger partial charge >= 0.3 is 0 Å². The van der Waals surface area contributed by atoms with Gasteiger partial charge < -0.3 is 0 Å². The van der Waals surface area contributed by atoms with Gasteiger partial charge in [0.15, 0.2) is 0 Å². The van der Waals surface area contributed by atoms with Crippen molar-refractivity contribution in [3.05, 3.63) is 35.9 Å².